The lowest BCUT2D eigenvalue weighted by atomic mass is 9.64. The number of unbranched alkanes of at least 4 members (excludes halogenated alkanes) is 3. The number of rotatable bonds is 14. The lowest BCUT2D eigenvalue weighted by Gasteiger charge is -2.41. The van der Waals surface area contributed by atoms with Crippen LogP contribution < -0.4 is 0 Å². The predicted octanol–water partition coefficient (Wildman–Crippen LogP) is 4.90. The van der Waals surface area contributed by atoms with Crippen LogP contribution in [0.25, 0.3) is 0 Å². The molecule has 1 unspecified atom stereocenters. The third-order valence-corrected chi connectivity index (χ3v) is 7.52. The van der Waals surface area contributed by atoms with Gasteiger partial charge in [0.25, 0.3) is 5.97 Å². The Labute approximate surface area is 172 Å². The van der Waals surface area contributed by atoms with Gasteiger partial charge in [-0.2, -0.15) is 0 Å². The van der Waals surface area contributed by atoms with Crippen LogP contribution in [0.5, 0.6) is 0 Å². The van der Waals surface area contributed by atoms with Crippen molar-refractivity contribution in [2.24, 2.45) is 23.2 Å². The van der Waals surface area contributed by atoms with E-state index in [1.54, 1.807) is 0 Å². The molecule has 0 bridgehead atoms. The average molecular weight is 397 g/mol. The molecule has 0 aliphatic heterocycles. The highest BCUT2D eigenvalue weighted by Crippen LogP contribution is 2.48. The normalized spacial score (nSPS) is 25.9. The van der Waals surface area contributed by atoms with E-state index < -0.39 is 18.5 Å². The van der Waals surface area contributed by atoms with Crippen LogP contribution in [0, 0.1) is 23.2 Å². The van der Waals surface area contributed by atoms with Gasteiger partial charge in [0.2, 0.25) is 0 Å². The van der Waals surface area contributed by atoms with Gasteiger partial charge in [-0.05, 0) is 68.6 Å². The summed E-state index contributed by atoms with van der Waals surface area (Å²) in [6.45, 7) is 1.89. The molecule has 164 valence electrons. The van der Waals surface area contributed by atoms with Crippen molar-refractivity contribution in [2.45, 2.75) is 109 Å². The maximum absolute atomic E-state index is 9.19. The van der Waals surface area contributed by atoms with E-state index in [0.717, 1.165) is 31.1 Å². The van der Waals surface area contributed by atoms with E-state index in [0.29, 0.717) is 11.8 Å². The second kappa shape index (κ2) is 11.7. The molecule has 2 aliphatic rings. The van der Waals surface area contributed by atoms with Gasteiger partial charge >= 0.3 is 0 Å². The monoisotopic (exact) mass is 396 g/mol. The highest BCUT2D eigenvalue weighted by atomic mass is 16.7. The third-order valence-electron chi connectivity index (χ3n) is 7.52. The van der Waals surface area contributed by atoms with Gasteiger partial charge in [-0.25, -0.2) is 0 Å². The number of aliphatic hydroxyl groups is 4. The number of hydrogen-bond acceptors (Lipinski definition) is 4. The maximum atomic E-state index is 9.19. The molecule has 0 radical (unpaired) electrons. The van der Waals surface area contributed by atoms with Crippen molar-refractivity contribution in [1.29, 1.82) is 0 Å². The van der Waals surface area contributed by atoms with Crippen LogP contribution in [-0.4, -0.2) is 33.0 Å². The summed E-state index contributed by atoms with van der Waals surface area (Å²) in [5.41, 5.74) is 0.630. The molecule has 4 nitrogen and oxygen atoms in total. The molecule has 2 fully saturated rings. The zero-order valence-electron chi connectivity index (χ0n) is 18.0. The lowest BCUT2D eigenvalue weighted by molar-refractivity contribution is -0.346. The Balaban J connectivity index is 1.65. The van der Waals surface area contributed by atoms with Crippen molar-refractivity contribution >= 4 is 0 Å². The molecule has 0 saturated heterocycles. The van der Waals surface area contributed by atoms with E-state index >= 15 is 0 Å². The van der Waals surface area contributed by atoms with Crippen molar-refractivity contribution in [3.8, 4) is 0 Å². The van der Waals surface area contributed by atoms with Crippen molar-refractivity contribution in [3.05, 3.63) is 12.2 Å². The Morgan fingerprint density at radius 1 is 1.04 bits per heavy atom. The van der Waals surface area contributed by atoms with Gasteiger partial charge in [0, 0.05) is 0 Å². The van der Waals surface area contributed by atoms with E-state index in [9.17, 15) is 15.3 Å². The minimum Gasteiger partial charge on any atom is -0.396 e. The standard InChI is InChI=1S/C24H44O4/c1-2-3-15-23(17-9-18-23)16-8-13-21-12-7-11-20(21)10-5-4-6-14-22(19-25)24(26,27)28/h8,13,20-22,25-28H,2-7,9-12,14-19H2,1H3/b13-8+/t20-,21+,22?/m0/s1. The van der Waals surface area contributed by atoms with E-state index in [-0.39, 0.29) is 0 Å². The summed E-state index contributed by atoms with van der Waals surface area (Å²) in [6, 6.07) is 0. The van der Waals surface area contributed by atoms with Crippen molar-refractivity contribution in [2.75, 3.05) is 6.61 Å². The fourth-order valence-corrected chi connectivity index (χ4v) is 5.34. The summed E-state index contributed by atoms with van der Waals surface area (Å²) >= 11 is 0. The van der Waals surface area contributed by atoms with E-state index in [2.05, 4.69) is 19.1 Å². The van der Waals surface area contributed by atoms with Gasteiger partial charge in [0.15, 0.2) is 0 Å². The topological polar surface area (TPSA) is 80.9 Å². The van der Waals surface area contributed by atoms with E-state index in [4.69, 9.17) is 5.11 Å². The highest BCUT2D eigenvalue weighted by molar-refractivity contribution is 5.00. The molecule has 2 saturated carbocycles. The Morgan fingerprint density at radius 2 is 1.82 bits per heavy atom. The summed E-state index contributed by atoms with van der Waals surface area (Å²) in [6.07, 6.45) is 23.3. The second-order valence-electron chi connectivity index (χ2n) is 9.65. The van der Waals surface area contributed by atoms with Crippen LogP contribution in [0.2, 0.25) is 0 Å². The lowest BCUT2D eigenvalue weighted by Crippen LogP contribution is -2.39. The van der Waals surface area contributed by atoms with Crippen LogP contribution in [0.1, 0.15) is 103 Å². The smallest absolute Gasteiger partial charge is 0.280 e. The summed E-state index contributed by atoms with van der Waals surface area (Å²) in [4.78, 5) is 0. The van der Waals surface area contributed by atoms with Crippen LogP contribution >= 0.6 is 0 Å². The summed E-state index contributed by atoms with van der Waals surface area (Å²) in [5, 5.41) is 36.7. The average Bonchev–Trinajstić information content (AvgIpc) is 3.05. The SMILES string of the molecule is CCCCC1(C/C=C/[C@H]2CCC[C@@H]2CCCCCC(CO)C(O)(O)O)CCC1. The molecule has 4 heteroatoms. The van der Waals surface area contributed by atoms with E-state index in [1.807, 2.05) is 0 Å². The Hall–Kier alpha value is -0.420. The minimum absolute atomic E-state index is 0.404. The molecule has 2 rings (SSSR count). The number of aliphatic hydroxyl groups excluding tert-OH is 1. The minimum atomic E-state index is -2.76. The molecular formula is C24H44O4. The molecule has 4 N–H and O–H groups in total. The molecule has 0 aromatic heterocycles. The molecule has 3 atom stereocenters. The zero-order chi connectivity index (χ0) is 20.5. The zero-order valence-corrected chi connectivity index (χ0v) is 18.0. The molecular weight excluding hydrogens is 352 g/mol. The summed E-state index contributed by atoms with van der Waals surface area (Å²) < 4.78 is 0. The first-order chi connectivity index (χ1) is 13.4. The van der Waals surface area contributed by atoms with Crippen molar-refractivity contribution < 1.29 is 20.4 Å². The van der Waals surface area contributed by atoms with E-state index in [1.165, 1.54) is 70.6 Å². The molecule has 28 heavy (non-hydrogen) atoms. The Kier molecular flexibility index (Phi) is 9.96. The molecule has 0 amide bonds. The molecule has 0 heterocycles. The summed E-state index contributed by atoms with van der Waals surface area (Å²) in [7, 11) is 0. The second-order valence-corrected chi connectivity index (χ2v) is 9.65. The fraction of sp³-hybridized carbons (Fsp3) is 0.917. The first-order valence-electron chi connectivity index (χ1n) is 11.8. The van der Waals surface area contributed by atoms with Gasteiger partial charge in [-0.15, -0.1) is 0 Å². The number of hydrogen-bond donors (Lipinski definition) is 4. The van der Waals surface area contributed by atoms with Crippen molar-refractivity contribution in [1.82, 2.24) is 0 Å². The first kappa shape index (κ1) is 23.9. The molecule has 0 spiro atoms. The number of allylic oxidation sites excluding steroid dienone is 2. The molecule has 0 aromatic carbocycles. The Morgan fingerprint density at radius 3 is 2.43 bits per heavy atom. The third kappa shape index (κ3) is 7.44. The van der Waals surface area contributed by atoms with Crippen LogP contribution in [-0.2, 0) is 0 Å². The predicted molar refractivity (Wildman–Crippen MR) is 113 cm³/mol. The fourth-order valence-electron chi connectivity index (χ4n) is 5.34. The van der Waals surface area contributed by atoms with Gasteiger partial charge in [-0.1, -0.05) is 64.0 Å². The first-order valence-corrected chi connectivity index (χ1v) is 11.8. The van der Waals surface area contributed by atoms with Crippen LogP contribution in [0.15, 0.2) is 12.2 Å². The van der Waals surface area contributed by atoms with Gasteiger partial charge in [0.05, 0.1) is 12.5 Å². The van der Waals surface area contributed by atoms with Crippen LogP contribution in [0.4, 0.5) is 0 Å². The van der Waals surface area contributed by atoms with Gasteiger partial charge < -0.3 is 20.4 Å². The quantitative estimate of drug-likeness (QED) is 0.191. The van der Waals surface area contributed by atoms with Crippen LogP contribution in [0.3, 0.4) is 0 Å². The highest BCUT2D eigenvalue weighted by Gasteiger charge is 2.35. The summed E-state index contributed by atoms with van der Waals surface area (Å²) in [5.74, 6) is -2.09. The van der Waals surface area contributed by atoms with Gasteiger partial charge in [-0.3, -0.25) is 0 Å². The molecule has 2 aliphatic carbocycles. The van der Waals surface area contributed by atoms with Crippen molar-refractivity contribution in [3.63, 3.8) is 0 Å². The maximum Gasteiger partial charge on any atom is 0.280 e. The Bertz CT molecular complexity index is 450. The van der Waals surface area contributed by atoms with Gasteiger partial charge in [0.1, 0.15) is 0 Å². The molecule has 0 aromatic rings. The largest absolute Gasteiger partial charge is 0.396 e.